The summed E-state index contributed by atoms with van der Waals surface area (Å²) in [5, 5.41) is 3.51. The fourth-order valence-electron chi connectivity index (χ4n) is 2.79. The Morgan fingerprint density at radius 1 is 1.23 bits per heavy atom. The maximum absolute atomic E-state index is 12.4. The van der Waals surface area contributed by atoms with Gasteiger partial charge in [-0.05, 0) is 43.4 Å². The molecular weight excluding hydrogens is 373 g/mol. The molecule has 1 aliphatic rings. The molecule has 7 heteroatoms. The Kier molecular flexibility index (Phi) is 8.69. The van der Waals surface area contributed by atoms with E-state index in [0.29, 0.717) is 34.7 Å². The first kappa shape index (κ1) is 21.0. The number of carbonyl (C=O) groups is 1. The number of rotatable bonds is 6. The summed E-state index contributed by atoms with van der Waals surface area (Å²) in [4.78, 5) is 18.5. The van der Waals surface area contributed by atoms with Crippen LogP contribution in [-0.4, -0.2) is 44.7 Å². The molecule has 2 N–H and O–H groups in total. The number of quaternary nitrogens is 1. The van der Waals surface area contributed by atoms with Gasteiger partial charge in [-0.1, -0.05) is 37.0 Å². The lowest BCUT2D eigenvalue weighted by Gasteiger charge is -2.22. The van der Waals surface area contributed by atoms with Crippen LogP contribution in [0, 0.1) is 5.92 Å². The van der Waals surface area contributed by atoms with Crippen LogP contribution in [0.25, 0.3) is 0 Å². The van der Waals surface area contributed by atoms with Crippen molar-refractivity contribution in [1.82, 2.24) is 5.32 Å². The third kappa shape index (κ3) is 7.14. The number of amidine groups is 1. The molecular formula is C19H28Cl2N3O2+. The summed E-state index contributed by atoms with van der Waals surface area (Å²) in [6, 6.07) is 5.04. The molecule has 1 aromatic rings. The molecule has 1 aliphatic heterocycles. The second-order valence-electron chi connectivity index (χ2n) is 7.04. The van der Waals surface area contributed by atoms with E-state index in [0.717, 1.165) is 6.54 Å². The number of nitrogens with one attached hydrogen (secondary N) is 2. The van der Waals surface area contributed by atoms with Crippen LogP contribution < -0.4 is 10.2 Å². The Morgan fingerprint density at radius 2 is 1.96 bits per heavy atom. The highest BCUT2D eigenvalue weighted by Crippen LogP contribution is 2.22. The summed E-state index contributed by atoms with van der Waals surface area (Å²) in [5.74, 6) is 0.0335. The van der Waals surface area contributed by atoms with Crippen LogP contribution in [0.15, 0.2) is 23.2 Å². The summed E-state index contributed by atoms with van der Waals surface area (Å²) >= 11 is 11.9. The second kappa shape index (κ2) is 10.8. The summed E-state index contributed by atoms with van der Waals surface area (Å²) in [7, 11) is 0. The zero-order chi connectivity index (χ0) is 18.9. The van der Waals surface area contributed by atoms with Crippen molar-refractivity contribution in [3.8, 4) is 0 Å². The third-order valence-corrected chi connectivity index (χ3v) is 4.98. The molecule has 2 rings (SSSR count). The monoisotopic (exact) mass is 400 g/mol. The Morgan fingerprint density at radius 3 is 2.62 bits per heavy atom. The smallest absolute Gasteiger partial charge is 0.291 e. The van der Waals surface area contributed by atoms with Gasteiger partial charge < -0.3 is 9.64 Å². The molecule has 0 atom stereocenters. The van der Waals surface area contributed by atoms with Crippen LogP contribution in [0.1, 0.15) is 43.5 Å². The van der Waals surface area contributed by atoms with E-state index in [1.807, 2.05) is 0 Å². The molecule has 1 amide bonds. The van der Waals surface area contributed by atoms with Gasteiger partial charge in [0, 0.05) is 5.56 Å². The molecule has 0 unspecified atom stereocenters. The van der Waals surface area contributed by atoms with E-state index in [1.165, 1.54) is 38.4 Å². The summed E-state index contributed by atoms with van der Waals surface area (Å²) in [6.45, 7) is 8.59. The van der Waals surface area contributed by atoms with Gasteiger partial charge in [0.25, 0.3) is 11.9 Å². The number of hydrogen-bond acceptors (Lipinski definition) is 3. The van der Waals surface area contributed by atoms with E-state index in [9.17, 15) is 4.79 Å². The average Bonchev–Trinajstić information content (AvgIpc) is 2.62. The van der Waals surface area contributed by atoms with Crippen LogP contribution in [0.2, 0.25) is 10.0 Å². The number of benzene rings is 1. The van der Waals surface area contributed by atoms with Crippen molar-refractivity contribution in [1.29, 1.82) is 0 Å². The predicted octanol–water partition coefficient (Wildman–Crippen LogP) is 2.82. The van der Waals surface area contributed by atoms with E-state index in [-0.39, 0.29) is 11.9 Å². The van der Waals surface area contributed by atoms with Crippen LogP contribution in [0.4, 0.5) is 0 Å². The molecule has 144 valence electrons. The molecule has 1 fully saturated rings. The number of piperidine rings is 1. The highest BCUT2D eigenvalue weighted by molar-refractivity contribution is 6.42. The zero-order valence-electron chi connectivity index (χ0n) is 15.5. The number of amides is 1. The molecule has 0 radical (unpaired) electrons. The van der Waals surface area contributed by atoms with E-state index in [2.05, 4.69) is 24.2 Å². The Hall–Kier alpha value is -1.30. The van der Waals surface area contributed by atoms with Crippen molar-refractivity contribution in [2.24, 2.45) is 10.9 Å². The number of aliphatic imine (C=N–C) groups is 1. The molecule has 0 bridgehead atoms. The van der Waals surface area contributed by atoms with E-state index >= 15 is 0 Å². The lowest BCUT2D eigenvalue weighted by Crippen LogP contribution is -3.13. The standard InChI is InChI=1S/C19H27Cl2N3O2/c1-14(2)13-26-19(22-8-11-24-9-4-3-5-10-24)23-18(25)15-6-7-16(20)17(21)12-15/h6-7,12,14H,3-5,8-11,13H2,1-2H3,(H,22,23,25)/p+1. The van der Waals surface area contributed by atoms with E-state index < -0.39 is 0 Å². The Labute approximate surface area is 165 Å². The minimum absolute atomic E-state index is 0.270. The fourth-order valence-corrected chi connectivity index (χ4v) is 3.09. The number of halogens is 2. The number of nitrogens with zero attached hydrogens (tertiary/aromatic N) is 1. The van der Waals surface area contributed by atoms with Crippen LogP contribution in [-0.2, 0) is 4.74 Å². The van der Waals surface area contributed by atoms with Crippen molar-refractivity contribution in [3.63, 3.8) is 0 Å². The van der Waals surface area contributed by atoms with Gasteiger partial charge >= 0.3 is 0 Å². The maximum atomic E-state index is 12.4. The molecule has 5 nitrogen and oxygen atoms in total. The predicted molar refractivity (Wildman–Crippen MR) is 106 cm³/mol. The first-order chi connectivity index (χ1) is 12.5. The van der Waals surface area contributed by atoms with Crippen LogP contribution >= 0.6 is 23.2 Å². The summed E-state index contributed by atoms with van der Waals surface area (Å²) in [6.07, 6.45) is 3.89. The minimum atomic E-state index is -0.309. The molecule has 1 aromatic carbocycles. The van der Waals surface area contributed by atoms with Crippen molar-refractivity contribution in [2.75, 3.05) is 32.8 Å². The number of carbonyl (C=O) groups excluding carboxylic acids is 1. The quantitative estimate of drug-likeness (QED) is 0.569. The summed E-state index contributed by atoms with van der Waals surface area (Å²) < 4.78 is 5.69. The van der Waals surface area contributed by atoms with E-state index in [1.54, 1.807) is 17.0 Å². The Balaban J connectivity index is 1.96. The van der Waals surface area contributed by atoms with Gasteiger partial charge in [0.15, 0.2) is 0 Å². The third-order valence-electron chi connectivity index (χ3n) is 4.24. The van der Waals surface area contributed by atoms with Crippen molar-refractivity contribution < 1.29 is 14.4 Å². The summed E-state index contributed by atoms with van der Waals surface area (Å²) in [5.41, 5.74) is 0.418. The van der Waals surface area contributed by atoms with Crippen LogP contribution in [0.5, 0.6) is 0 Å². The second-order valence-corrected chi connectivity index (χ2v) is 7.85. The number of ether oxygens (including phenoxy) is 1. The SMILES string of the molecule is CC(C)COC(=NCC[NH+]1CCCCC1)NC(=O)c1ccc(Cl)c(Cl)c1. The lowest BCUT2D eigenvalue weighted by atomic mass is 10.1. The highest BCUT2D eigenvalue weighted by Gasteiger charge is 2.15. The van der Waals surface area contributed by atoms with Crippen molar-refractivity contribution in [3.05, 3.63) is 33.8 Å². The molecule has 26 heavy (non-hydrogen) atoms. The molecule has 0 saturated carbocycles. The fraction of sp³-hybridized carbons (Fsp3) is 0.579. The highest BCUT2D eigenvalue weighted by atomic mass is 35.5. The van der Waals surface area contributed by atoms with Gasteiger partial charge in [0.1, 0.15) is 0 Å². The molecule has 0 spiro atoms. The maximum Gasteiger partial charge on any atom is 0.291 e. The zero-order valence-corrected chi connectivity index (χ0v) is 17.0. The minimum Gasteiger partial charge on any atom is -0.465 e. The number of hydrogen-bond donors (Lipinski definition) is 2. The van der Waals surface area contributed by atoms with Crippen molar-refractivity contribution in [2.45, 2.75) is 33.1 Å². The average molecular weight is 401 g/mol. The lowest BCUT2D eigenvalue weighted by molar-refractivity contribution is -0.903. The number of likely N-dealkylation sites (tertiary alicyclic amines) is 1. The van der Waals surface area contributed by atoms with Gasteiger partial charge in [-0.3, -0.25) is 10.1 Å². The molecule has 1 heterocycles. The Bertz CT molecular complexity index is 629. The van der Waals surface area contributed by atoms with Gasteiger partial charge in [-0.25, -0.2) is 4.99 Å². The first-order valence-electron chi connectivity index (χ1n) is 9.23. The van der Waals surface area contributed by atoms with Crippen molar-refractivity contribution >= 4 is 35.1 Å². The topological polar surface area (TPSA) is 55.1 Å². The van der Waals surface area contributed by atoms with Crippen LogP contribution in [0.3, 0.4) is 0 Å². The molecule has 0 aromatic heterocycles. The van der Waals surface area contributed by atoms with Gasteiger partial charge in [0.2, 0.25) is 0 Å². The van der Waals surface area contributed by atoms with Gasteiger partial charge in [-0.15, -0.1) is 0 Å². The van der Waals surface area contributed by atoms with Gasteiger partial charge in [0.05, 0.1) is 42.8 Å². The normalized spacial score (nSPS) is 16.0. The molecule has 1 saturated heterocycles. The largest absolute Gasteiger partial charge is 0.465 e. The molecule has 0 aliphatic carbocycles. The van der Waals surface area contributed by atoms with E-state index in [4.69, 9.17) is 27.9 Å². The first-order valence-corrected chi connectivity index (χ1v) is 9.98. The van der Waals surface area contributed by atoms with Gasteiger partial charge in [-0.2, -0.15) is 0 Å².